The van der Waals surface area contributed by atoms with Crippen LogP contribution in [-0.4, -0.2) is 53.9 Å². The molecule has 28 heavy (non-hydrogen) atoms. The second-order valence-electron chi connectivity index (χ2n) is 6.12. The second-order valence-corrected chi connectivity index (χ2v) is 6.12. The first-order valence-corrected chi connectivity index (χ1v) is 8.73. The lowest BCUT2D eigenvalue weighted by Gasteiger charge is -2.26. The summed E-state index contributed by atoms with van der Waals surface area (Å²) in [6.07, 6.45) is -0.765. The molecule has 0 aliphatic carbocycles. The number of methoxy groups -OCH3 is 6. The van der Waals surface area contributed by atoms with E-state index in [2.05, 4.69) is 0 Å². The summed E-state index contributed by atoms with van der Waals surface area (Å²) in [4.78, 5) is 0. The molecule has 1 atom stereocenters. The Morgan fingerprint density at radius 2 is 0.821 bits per heavy atom. The first-order chi connectivity index (χ1) is 13.4. The molecule has 7 nitrogen and oxygen atoms in total. The van der Waals surface area contributed by atoms with Crippen molar-refractivity contribution in [1.82, 2.24) is 0 Å². The van der Waals surface area contributed by atoms with Gasteiger partial charge in [-0.05, 0) is 19.1 Å². The normalized spacial score (nSPS) is 11.8. The highest BCUT2D eigenvalue weighted by molar-refractivity contribution is 5.59. The van der Waals surface area contributed by atoms with E-state index in [-0.39, 0.29) is 0 Å². The Morgan fingerprint density at radius 1 is 0.536 bits per heavy atom. The van der Waals surface area contributed by atoms with E-state index in [0.29, 0.717) is 34.5 Å². The van der Waals surface area contributed by atoms with Gasteiger partial charge in [-0.1, -0.05) is 0 Å². The molecule has 154 valence electrons. The molecule has 0 spiro atoms. The van der Waals surface area contributed by atoms with E-state index in [1.165, 1.54) is 0 Å². The van der Waals surface area contributed by atoms with Gasteiger partial charge in [-0.2, -0.15) is 0 Å². The fourth-order valence-electron chi connectivity index (χ4n) is 3.28. The average Bonchev–Trinajstić information content (AvgIpc) is 2.72. The monoisotopic (exact) mass is 392 g/mol. The average molecular weight is 392 g/mol. The van der Waals surface area contributed by atoms with Crippen LogP contribution in [0.4, 0.5) is 0 Å². The van der Waals surface area contributed by atoms with Gasteiger partial charge in [0.2, 0.25) is 0 Å². The zero-order valence-corrected chi connectivity index (χ0v) is 17.4. The molecule has 2 aromatic carbocycles. The van der Waals surface area contributed by atoms with Crippen LogP contribution in [0.3, 0.4) is 0 Å². The van der Waals surface area contributed by atoms with Crippen molar-refractivity contribution in [2.24, 2.45) is 0 Å². The molecule has 2 rings (SSSR count). The van der Waals surface area contributed by atoms with Gasteiger partial charge in [0.25, 0.3) is 0 Å². The Bertz CT molecular complexity index is 738. The highest BCUT2D eigenvalue weighted by Crippen LogP contribution is 2.46. The molecule has 0 aromatic heterocycles. The zero-order valence-electron chi connectivity index (χ0n) is 17.4. The second kappa shape index (κ2) is 9.41. The molecule has 0 bridgehead atoms. The lowest BCUT2D eigenvalue weighted by Crippen LogP contribution is -2.18. The van der Waals surface area contributed by atoms with Crippen LogP contribution >= 0.6 is 0 Å². The predicted octanol–water partition coefficient (Wildman–Crippen LogP) is 3.25. The summed E-state index contributed by atoms with van der Waals surface area (Å²) in [6.45, 7) is 1.71. The molecular weight excluding hydrogens is 364 g/mol. The Labute approximate surface area is 165 Å². The van der Waals surface area contributed by atoms with Crippen LogP contribution in [0.1, 0.15) is 24.0 Å². The Balaban J connectivity index is 2.77. The van der Waals surface area contributed by atoms with E-state index < -0.39 is 12.0 Å². The molecule has 0 amide bonds. The standard InChI is InChI=1S/C21H28O7/c1-12(22)21(13-8-17(25-4)19(27-6)10-15(13)23-2)14-9-18(26-5)20(28-7)11-16(14)24-3/h8-12,21-22H,1-7H3/t12-/m0/s1. The molecule has 1 N–H and O–H groups in total. The summed E-state index contributed by atoms with van der Waals surface area (Å²) in [7, 11) is 9.36. The first-order valence-electron chi connectivity index (χ1n) is 8.73. The molecule has 0 saturated heterocycles. The van der Waals surface area contributed by atoms with E-state index in [1.807, 2.05) is 0 Å². The largest absolute Gasteiger partial charge is 0.496 e. The van der Waals surface area contributed by atoms with Gasteiger partial charge >= 0.3 is 0 Å². The fourth-order valence-corrected chi connectivity index (χ4v) is 3.28. The minimum Gasteiger partial charge on any atom is -0.496 e. The molecule has 0 radical (unpaired) electrons. The highest BCUT2D eigenvalue weighted by atomic mass is 16.5. The lowest BCUT2D eigenvalue weighted by molar-refractivity contribution is 0.173. The van der Waals surface area contributed by atoms with Crippen molar-refractivity contribution in [1.29, 1.82) is 0 Å². The van der Waals surface area contributed by atoms with E-state index in [0.717, 1.165) is 11.1 Å². The summed E-state index contributed by atoms with van der Waals surface area (Å²) in [5, 5.41) is 10.7. The minimum absolute atomic E-state index is 0.482. The molecule has 0 unspecified atom stereocenters. The summed E-state index contributed by atoms with van der Waals surface area (Å²) in [6, 6.07) is 7.06. The van der Waals surface area contributed by atoms with Crippen molar-refractivity contribution < 1.29 is 33.5 Å². The topological polar surface area (TPSA) is 75.6 Å². The number of benzene rings is 2. The maximum Gasteiger partial charge on any atom is 0.164 e. The number of aliphatic hydroxyl groups excluding tert-OH is 1. The number of hydrogen-bond acceptors (Lipinski definition) is 7. The van der Waals surface area contributed by atoms with Gasteiger partial charge in [-0.15, -0.1) is 0 Å². The van der Waals surface area contributed by atoms with Gasteiger partial charge in [0.05, 0.1) is 48.8 Å². The van der Waals surface area contributed by atoms with Crippen LogP contribution < -0.4 is 28.4 Å². The van der Waals surface area contributed by atoms with Crippen LogP contribution in [0, 0.1) is 0 Å². The van der Waals surface area contributed by atoms with Gasteiger partial charge in [0, 0.05) is 29.2 Å². The number of hydrogen-bond donors (Lipinski definition) is 1. The van der Waals surface area contributed by atoms with Crippen LogP contribution in [0.15, 0.2) is 24.3 Å². The molecule has 0 heterocycles. The molecule has 0 saturated carbocycles. The number of rotatable bonds is 9. The van der Waals surface area contributed by atoms with Gasteiger partial charge in [0.15, 0.2) is 23.0 Å². The first kappa shape index (κ1) is 21.5. The molecular formula is C21H28O7. The Morgan fingerprint density at radius 3 is 1.07 bits per heavy atom. The zero-order chi connectivity index (χ0) is 20.8. The van der Waals surface area contributed by atoms with E-state index >= 15 is 0 Å². The summed E-state index contributed by atoms with van der Waals surface area (Å²) in [5.41, 5.74) is 1.45. The Hall–Kier alpha value is -2.80. The molecule has 0 aliphatic rings. The smallest absolute Gasteiger partial charge is 0.164 e. The molecule has 0 aliphatic heterocycles. The van der Waals surface area contributed by atoms with Gasteiger partial charge in [0.1, 0.15) is 11.5 Å². The van der Waals surface area contributed by atoms with Gasteiger partial charge in [-0.3, -0.25) is 0 Å². The van der Waals surface area contributed by atoms with Crippen molar-refractivity contribution in [2.75, 3.05) is 42.7 Å². The number of aliphatic hydroxyl groups is 1. The summed E-state index contributed by atoms with van der Waals surface area (Å²) in [5.74, 6) is 2.76. The quantitative estimate of drug-likeness (QED) is 0.702. The molecule has 2 aromatic rings. The lowest BCUT2D eigenvalue weighted by atomic mass is 9.85. The maximum atomic E-state index is 10.7. The fraction of sp³-hybridized carbons (Fsp3) is 0.429. The van der Waals surface area contributed by atoms with E-state index in [9.17, 15) is 5.11 Å². The third-order valence-corrected chi connectivity index (χ3v) is 4.62. The van der Waals surface area contributed by atoms with Crippen LogP contribution in [0.2, 0.25) is 0 Å². The minimum atomic E-state index is -0.765. The van der Waals surface area contributed by atoms with E-state index in [1.54, 1.807) is 73.8 Å². The van der Waals surface area contributed by atoms with Crippen LogP contribution in [0.25, 0.3) is 0 Å². The van der Waals surface area contributed by atoms with Crippen LogP contribution in [-0.2, 0) is 0 Å². The van der Waals surface area contributed by atoms with Gasteiger partial charge in [-0.25, -0.2) is 0 Å². The molecule has 0 fully saturated rings. The Kier molecular flexibility index (Phi) is 7.23. The van der Waals surface area contributed by atoms with E-state index in [4.69, 9.17) is 28.4 Å². The van der Waals surface area contributed by atoms with Crippen molar-refractivity contribution >= 4 is 0 Å². The highest BCUT2D eigenvalue weighted by Gasteiger charge is 2.29. The van der Waals surface area contributed by atoms with Crippen molar-refractivity contribution in [3.05, 3.63) is 35.4 Å². The van der Waals surface area contributed by atoms with Crippen LogP contribution in [0.5, 0.6) is 34.5 Å². The summed E-state index contributed by atoms with van der Waals surface area (Å²) < 4.78 is 32.8. The van der Waals surface area contributed by atoms with Crippen molar-refractivity contribution in [3.63, 3.8) is 0 Å². The van der Waals surface area contributed by atoms with Crippen molar-refractivity contribution in [3.8, 4) is 34.5 Å². The summed E-state index contributed by atoms with van der Waals surface area (Å²) >= 11 is 0. The molecule has 7 heteroatoms. The SMILES string of the molecule is COc1cc(OC)c(C(c2cc(OC)c(OC)cc2OC)[C@H](C)O)cc1OC. The van der Waals surface area contributed by atoms with Gasteiger partial charge < -0.3 is 33.5 Å². The number of ether oxygens (including phenoxy) is 6. The third kappa shape index (κ3) is 4.04. The van der Waals surface area contributed by atoms with Crippen molar-refractivity contribution in [2.45, 2.75) is 18.9 Å². The predicted molar refractivity (Wildman–Crippen MR) is 106 cm³/mol. The maximum absolute atomic E-state index is 10.7. The third-order valence-electron chi connectivity index (χ3n) is 4.62.